The van der Waals surface area contributed by atoms with Crippen molar-refractivity contribution in [2.24, 2.45) is 0 Å². The molecule has 2 aromatic carbocycles. The number of nitrogen functional groups attached to an aromatic ring is 1. The summed E-state index contributed by atoms with van der Waals surface area (Å²) in [7, 11) is 0. The Morgan fingerprint density at radius 1 is 0.889 bits per heavy atom. The number of hydrogen-bond donors (Lipinski definition) is 1. The van der Waals surface area contributed by atoms with Crippen LogP contribution in [0.3, 0.4) is 0 Å². The fraction of sp³-hybridized carbons (Fsp3) is 0. The molecule has 1 aromatic heterocycles. The van der Waals surface area contributed by atoms with Crippen LogP contribution in [0.4, 0.5) is 5.69 Å². The Morgan fingerprint density at radius 3 is 2.50 bits per heavy atom. The molecule has 0 aliphatic carbocycles. The molecule has 0 aliphatic rings. The lowest BCUT2D eigenvalue weighted by Gasteiger charge is -2.08. The van der Waals surface area contributed by atoms with Crippen molar-refractivity contribution < 1.29 is 4.74 Å². The van der Waals surface area contributed by atoms with E-state index in [9.17, 15) is 0 Å². The predicted octanol–water partition coefficient (Wildman–Crippen LogP) is 3.61. The first-order valence-electron chi connectivity index (χ1n) is 5.70. The quantitative estimate of drug-likeness (QED) is 0.691. The Kier molecular flexibility index (Phi) is 2.57. The van der Waals surface area contributed by atoms with Crippen molar-refractivity contribution in [3.63, 3.8) is 0 Å². The van der Waals surface area contributed by atoms with Crippen LogP contribution < -0.4 is 10.5 Å². The highest BCUT2D eigenvalue weighted by atomic mass is 16.5. The van der Waals surface area contributed by atoms with E-state index in [0.29, 0.717) is 0 Å². The predicted molar refractivity (Wildman–Crippen MR) is 72.7 cm³/mol. The van der Waals surface area contributed by atoms with E-state index in [4.69, 9.17) is 10.5 Å². The molecule has 0 unspecified atom stereocenters. The molecule has 2 N–H and O–H groups in total. The molecule has 0 spiro atoms. The Balaban J connectivity index is 2.02. The van der Waals surface area contributed by atoms with Gasteiger partial charge in [0.05, 0.1) is 5.52 Å². The van der Waals surface area contributed by atoms with E-state index in [1.54, 1.807) is 6.20 Å². The fourth-order valence-corrected chi connectivity index (χ4v) is 1.82. The number of pyridine rings is 1. The average Bonchev–Trinajstić information content (AvgIpc) is 2.42. The number of fused-ring (bicyclic) bond motifs is 1. The number of para-hydroxylation sites is 1. The van der Waals surface area contributed by atoms with Crippen molar-refractivity contribution in [1.82, 2.24) is 4.98 Å². The van der Waals surface area contributed by atoms with Gasteiger partial charge in [0.1, 0.15) is 11.5 Å². The summed E-state index contributed by atoms with van der Waals surface area (Å²) in [5, 5.41) is 0.997. The summed E-state index contributed by atoms with van der Waals surface area (Å²) in [6.07, 6.45) is 1.75. The standard InChI is InChI=1S/C15H12N2O/c16-11-5-7-12(8-6-11)18-15-9-10-17-14-4-2-1-3-13(14)15/h1-10H,16H2. The van der Waals surface area contributed by atoms with Gasteiger partial charge >= 0.3 is 0 Å². The van der Waals surface area contributed by atoms with Crippen molar-refractivity contribution in [1.29, 1.82) is 0 Å². The molecule has 3 heteroatoms. The van der Waals surface area contributed by atoms with Crippen LogP contribution in [-0.2, 0) is 0 Å². The van der Waals surface area contributed by atoms with Crippen LogP contribution in [0.25, 0.3) is 10.9 Å². The van der Waals surface area contributed by atoms with Crippen LogP contribution in [0.15, 0.2) is 60.8 Å². The Labute approximate surface area is 105 Å². The molecule has 0 bridgehead atoms. The zero-order valence-corrected chi connectivity index (χ0v) is 9.71. The summed E-state index contributed by atoms with van der Waals surface area (Å²) in [5.41, 5.74) is 7.29. The van der Waals surface area contributed by atoms with Gasteiger partial charge < -0.3 is 10.5 Å². The summed E-state index contributed by atoms with van der Waals surface area (Å²) in [6, 6.07) is 17.1. The number of ether oxygens (including phenoxy) is 1. The van der Waals surface area contributed by atoms with Crippen molar-refractivity contribution in [3.8, 4) is 11.5 Å². The minimum atomic E-state index is 0.724. The van der Waals surface area contributed by atoms with E-state index in [0.717, 1.165) is 28.1 Å². The van der Waals surface area contributed by atoms with Crippen LogP contribution in [0, 0.1) is 0 Å². The third kappa shape index (κ3) is 1.98. The van der Waals surface area contributed by atoms with Gasteiger partial charge in [-0.3, -0.25) is 4.98 Å². The number of aromatic nitrogens is 1. The number of nitrogens with two attached hydrogens (primary N) is 1. The van der Waals surface area contributed by atoms with Crippen LogP contribution in [0.5, 0.6) is 11.5 Å². The number of hydrogen-bond acceptors (Lipinski definition) is 3. The van der Waals surface area contributed by atoms with E-state index in [1.165, 1.54) is 0 Å². The molecule has 1 heterocycles. The van der Waals surface area contributed by atoms with Crippen LogP contribution >= 0.6 is 0 Å². The summed E-state index contributed by atoms with van der Waals surface area (Å²) < 4.78 is 5.85. The molecule has 0 amide bonds. The summed E-state index contributed by atoms with van der Waals surface area (Å²) >= 11 is 0. The van der Waals surface area contributed by atoms with E-state index >= 15 is 0 Å². The van der Waals surface area contributed by atoms with Gasteiger partial charge in [0.2, 0.25) is 0 Å². The molecule has 0 fully saturated rings. The zero-order valence-electron chi connectivity index (χ0n) is 9.71. The minimum Gasteiger partial charge on any atom is -0.457 e. The first kappa shape index (κ1) is 10.6. The highest BCUT2D eigenvalue weighted by Gasteiger charge is 2.03. The smallest absolute Gasteiger partial charge is 0.138 e. The zero-order chi connectivity index (χ0) is 12.4. The fourth-order valence-electron chi connectivity index (χ4n) is 1.82. The third-order valence-corrected chi connectivity index (χ3v) is 2.72. The molecule has 3 aromatic rings. The van der Waals surface area contributed by atoms with Gasteiger partial charge in [0.15, 0.2) is 0 Å². The lowest BCUT2D eigenvalue weighted by Crippen LogP contribution is -1.88. The maximum Gasteiger partial charge on any atom is 0.138 e. The number of benzene rings is 2. The Bertz CT molecular complexity index is 672. The highest BCUT2D eigenvalue weighted by Crippen LogP contribution is 2.28. The number of rotatable bonds is 2. The maximum atomic E-state index is 5.85. The molecule has 3 rings (SSSR count). The second kappa shape index (κ2) is 4.37. The van der Waals surface area contributed by atoms with E-state index in [-0.39, 0.29) is 0 Å². The van der Waals surface area contributed by atoms with Crippen molar-refractivity contribution >= 4 is 16.6 Å². The van der Waals surface area contributed by atoms with Crippen molar-refractivity contribution in [3.05, 3.63) is 60.8 Å². The number of anilines is 1. The minimum absolute atomic E-state index is 0.724. The van der Waals surface area contributed by atoms with Crippen LogP contribution in [-0.4, -0.2) is 4.98 Å². The Morgan fingerprint density at radius 2 is 1.67 bits per heavy atom. The molecule has 0 radical (unpaired) electrons. The second-order valence-electron chi connectivity index (χ2n) is 4.00. The maximum absolute atomic E-state index is 5.85. The topological polar surface area (TPSA) is 48.1 Å². The third-order valence-electron chi connectivity index (χ3n) is 2.72. The van der Waals surface area contributed by atoms with Crippen molar-refractivity contribution in [2.45, 2.75) is 0 Å². The lowest BCUT2D eigenvalue weighted by atomic mass is 10.2. The summed E-state index contributed by atoms with van der Waals surface area (Å²) in [6.45, 7) is 0. The second-order valence-corrected chi connectivity index (χ2v) is 4.00. The van der Waals surface area contributed by atoms with Gasteiger partial charge in [-0.05, 0) is 42.5 Å². The van der Waals surface area contributed by atoms with Crippen molar-refractivity contribution in [2.75, 3.05) is 5.73 Å². The number of nitrogens with zero attached hydrogens (tertiary/aromatic N) is 1. The highest BCUT2D eigenvalue weighted by molar-refractivity contribution is 5.84. The molecule has 0 atom stereocenters. The molecule has 0 saturated carbocycles. The SMILES string of the molecule is Nc1ccc(Oc2ccnc3ccccc23)cc1. The molecular weight excluding hydrogens is 224 g/mol. The van der Waals surface area contributed by atoms with E-state index in [1.807, 2.05) is 54.6 Å². The van der Waals surface area contributed by atoms with Gasteiger partial charge in [0.25, 0.3) is 0 Å². The van der Waals surface area contributed by atoms with Gasteiger partial charge in [0, 0.05) is 17.3 Å². The van der Waals surface area contributed by atoms with Gasteiger partial charge in [-0.2, -0.15) is 0 Å². The molecule has 0 saturated heterocycles. The summed E-state index contributed by atoms with van der Waals surface area (Å²) in [4.78, 5) is 4.30. The summed E-state index contributed by atoms with van der Waals surface area (Å²) in [5.74, 6) is 1.56. The van der Waals surface area contributed by atoms with E-state index in [2.05, 4.69) is 4.98 Å². The Hall–Kier alpha value is -2.55. The van der Waals surface area contributed by atoms with Gasteiger partial charge in [-0.15, -0.1) is 0 Å². The first-order valence-corrected chi connectivity index (χ1v) is 5.70. The normalized spacial score (nSPS) is 10.4. The average molecular weight is 236 g/mol. The van der Waals surface area contributed by atoms with Crippen LogP contribution in [0.2, 0.25) is 0 Å². The van der Waals surface area contributed by atoms with Crippen LogP contribution in [0.1, 0.15) is 0 Å². The molecule has 18 heavy (non-hydrogen) atoms. The first-order chi connectivity index (χ1) is 8.83. The molecule has 3 nitrogen and oxygen atoms in total. The molecule has 88 valence electrons. The molecular formula is C15H12N2O. The lowest BCUT2D eigenvalue weighted by molar-refractivity contribution is 0.488. The monoisotopic (exact) mass is 236 g/mol. The largest absolute Gasteiger partial charge is 0.457 e. The van der Waals surface area contributed by atoms with Gasteiger partial charge in [-0.1, -0.05) is 12.1 Å². The van der Waals surface area contributed by atoms with Gasteiger partial charge in [-0.25, -0.2) is 0 Å². The van der Waals surface area contributed by atoms with E-state index < -0.39 is 0 Å². The molecule has 0 aliphatic heterocycles.